The van der Waals surface area contributed by atoms with Gasteiger partial charge in [0.2, 0.25) is 0 Å². The number of aromatic nitrogens is 2. The van der Waals surface area contributed by atoms with Gasteiger partial charge >= 0.3 is 6.01 Å². The van der Waals surface area contributed by atoms with Crippen LogP contribution in [0.2, 0.25) is 10.0 Å². The fraction of sp³-hybridized carbons (Fsp3) is 0.118. The Kier molecular flexibility index (Phi) is 5.50. The molecule has 0 fully saturated rings. The smallest absolute Gasteiger partial charge is 0.322 e. The van der Waals surface area contributed by atoms with E-state index in [0.717, 1.165) is 0 Å². The maximum atomic E-state index is 12.3. The summed E-state index contributed by atoms with van der Waals surface area (Å²) in [6.07, 6.45) is 0. The first kappa shape index (κ1) is 19.3. The molecule has 10 heteroatoms. The fourth-order valence-electron chi connectivity index (χ4n) is 2.19. The van der Waals surface area contributed by atoms with Gasteiger partial charge in [0, 0.05) is 10.6 Å². The normalized spacial score (nSPS) is 11.4. The predicted molar refractivity (Wildman–Crippen MR) is 102 cm³/mol. The lowest BCUT2D eigenvalue weighted by atomic mass is 10.2. The van der Waals surface area contributed by atoms with Crippen LogP contribution in [0.3, 0.4) is 0 Å². The summed E-state index contributed by atoms with van der Waals surface area (Å²) >= 11 is 12.0. The molecule has 1 amide bonds. The zero-order valence-corrected chi connectivity index (χ0v) is 16.3. The van der Waals surface area contributed by atoms with Crippen molar-refractivity contribution in [2.24, 2.45) is 0 Å². The van der Waals surface area contributed by atoms with Crippen LogP contribution in [0.5, 0.6) is 0 Å². The van der Waals surface area contributed by atoms with Crippen molar-refractivity contribution in [3.8, 4) is 11.5 Å². The number of nitrogens with zero attached hydrogens (tertiary/aromatic N) is 2. The first-order valence-corrected chi connectivity index (χ1v) is 10.1. The highest BCUT2D eigenvalue weighted by molar-refractivity contribution is 7.91. The number of amides is 1. The van der Waals surface area contributed by atoms with Gasteiger partial charge < -0.3 is 4.42 Å². The summed E-state index contributed by atoms with van der Waals surface area (Å²) in [5.41, 5.74) is 0.678. The molecule has 1 aromatic heterocycles. The number of hydrogen-bond acceptors (Lipinski definition) is 6. The van der Waals surface area contributed by atoms with Crippen LogP contribution in [0.4, 0.5) is 6.01 Å². The maximum absolute atomic E-state index is 12.3. The zero-order valence-electron chi connectivity index (χ0n) is 13.9. The van der Waals surface area contributed by atoms with E-state index in [2.05, 4.69) is 15.5 Å². The minimum absolute atomic E-state index is 0.0185. The van der Waals surface area contributed by atoms with Gasteiger partial charge in [-0.25, -0.2) is 8.42 Å². The topological polar surface area (TPSA) is 102 Å². The lowest BCUT2D eigenvalue weighted by Crippen LogP contribution is -2.12. The molecule has 3 aromatic rings. The third-order valence-corrected chi connectivity index (χ3v) is 5.98. The van der Waals surface area contributed by atoms with Gasteiger partial charge in [0.25, 0.3) is 11.8 Å². The first-order chi connectivity index (χ1) is 12.8. The van der Waals surface area contributed by atoms with Crippen molar-refractivity contribution >= 4 is 45.0 Å². The second kappa shape index (κ2) is 7.67. The first-order valence-electron chi connectivity index (χ1n) is 7.73. The molecule has 0 aliphatic rings. The lowest BCUT2D eigenvalue weighted by molar-refractivity contribution is 0.102. The van der Waals surface area contributed by atoms with Crippen molar-refractivity contribution in [2.75, 3.05) is 11.1 Å². The Morgan fingerprint density at radius 3 is 2.48 bits per heavy atom. The minimum atomic E-state index is -3.33. The van der Waals surface area contributed by atoms with E-state index in [4.69, 9.17) is 27.6 Å². The zero-order chi connectivity index (χ0) is 19.6. The van der Waals surface area contributed by atoms with E-state index < -0.39 is 15.7 Å². The molecule has 27 heavy (non-hydrogen) atoms. The van der Waals surface area contributed by atoms with Gasteiger partial charge in [0.15, 0.2) is 9.84 Å². The Hall–Kier alpha value is -2.42. The van der Waals surface area contributed by atoms with Crippen LogP contribution in [0, 0.1) is 0 Å². The highest BCUT2D eigenvalue weighted by Crippen LogP contribution is 2.30. The SMILES string of the molecule is CCS(=O)(=O)c1ccc(C(=O)Nc2nnc(-c3cc(Cl)ccc3Cl)o2)cc1. The average molecular weight is 426 g/mol. The standard InChI is InChI=1S/C17H13Cl2N3O4S/c1-2-27(24,25)12-6-3-10(4-7-12)15(23)20-17-22-21-16(26-17)13-9-11(18)5-8-14(13)19/h3-9H,2H2,1H3,(H,20,22,23). The monoisotopic (exact) mass is 425 g/mol. The number of anilines is 1. The molecular weight excluding hydrogens is 413 g/mol. The highest BCUT2D eigenvalue weighted by Gasteiger charge is 2.16. The van der Waals surface area contributed by atoms with E-state index in [-0.39, 0.29) is 28.1 Å². The van der Waals surface area contributed by atoms with Crippen molar-refractivity contribution in [3.63, 3.8) is 0 Å². The van der Waals surface area contributed by atoms with Gasteiger partial charge in [-0.2, -0.15) is 0 Å². The van der Waals surface area contributed by atoms with Crippen molar-refractivity contribution in [1.82, 2.24) is 10.2 Å². The number of rotatable bonds is 5. The Labute approximate surface area is 165 Å². The molecule has 0 saturated heterocycles. The van der Waals surface area contributed by atoms with Crippen LogP contribution in [0.25, 0.3) is 11.5 Å². The third kappa shape index (κ3) is 4.29. The molecule has 0 aliphatic carbocycles. The Morgan fingerprint density at radius 2 is 1.81 bits per heavy atom. The number of carbonyl (C=O) groups excluding carboxylic acids is 1. The summed E-state index contributed by atoms with van der Waals surface area (Å²) in [7, 11) is -3.33. The number of hydrogen-bond donors (Lipinski definition) is 1. The van der Waals surface area contributed by atoms with E-state index in [9.17, 15) is 13.2 Å². The number of benzene rings is 2. The van der Waals surface area contributed by atoms with Gasteiger partial charge in [-0.15, -0.1) is 5.10 Å². The van der Waals surface area contributed by atoms with Gasteiger partial charge in [-0.1, -0.05) is 35.2 Å². The third-order valence-electron chi connectivity index (χ3n) is 3.66. The molecule has 1 N–H and O–H groups in total. The molecule has 0 bridgehead atoms. The lowest BCUT2D eigenvalue weighted by Gasteiger charge is -2.04. The molecule has 1 heterocycles. The Balaban J connectivity index is 1.77. The molecule has 0 saturated carbocycles. The molecule has 2 aromatic carbocycles. The molecule has 0 unspecified atom stereocenters. The molecule has 0 spiro atoms. The summed E-state index contributed by atoms with van der Waals surface area (Å²) < 4.78 is 29.0. The quantitative estimate of drug-likeness (QED) is 0.660. The summed E-state index contributed by atoms with van der Waals surface area (Å²) in [6.45, 7) is 1.55. The molecule has 0 radical (unpaired) electrons. The maximum Gasteiger partial charge on any atom is 0.322 e. The van der Waals surface area contributed by atoms with Crippen LogP contribution in [0.15, 0.2) is 51.8 Å². The van der Waals surface area contributed by atoms with E-state index in [1.165, 1.54) is 24.3 Å². The molecule has 0 atom stereocenters. The summed E-state index contributed by atoms with van der Waals surface area (Å²) in [5.74, 6) is -0.444. The fourth-order valence-corrected chi connectivity index (χ4v) is 3.45. The highest BCUT2D eigenvalue weighted by atomic mass is 35.5. The van der Waals surface area contributed by atoms with Crippen LogP contribution in [0.1, 0.15) is 17.3 Å². The van der Waals surface area contributed by atoms with Gasteiger partial charge in [0.05, 0.1) is 21.2 Å². The van der Waals surface area contributed by atoms with Crippen LogP contribution in [-0.4, -0.2) is 30.3 Å². The van der Waals surface area contributed by atoms with Crippen molar-refractivity contribution in [1.29, 1.82) is 0 Å². The van der Waals surface area contributed by atoms with E-state index >= 15 is 0 Å². The van der Waals surface area contributed by atoms with Crippen molar-refractivity contribution in [3.05, 3.63) is 58.1 Å². The summed E-state index contributed by atoms with van der Waals surface area (Å²) in [4.78, 5) is 12.4. The van der Waals surface area contributed by atoms with E-state index in [1.54, 1.807) is 25.1 Å². The van der Waals surface area contributed by atoms with E-state index in [0.29, 0.717) is 15.6 Å². The van der Waals surface area contributed by atoms with Crippen molar-refractivity contribution in [2.45, 2.75) is 11.8 Å². The average Bonchev–Trinajstić information content (AvgIpc) is 3.12. The molecular formula is C17H13Cl2N3O4S. The largest absolute Gasteiger partial charge is 0.403 e. The molecule has 0 aliphatic heterocycles. The second-order valence-corrected chi connectivity index (χ2v) is 8.54. The van der Waals surface area contributed by atoms with Gasteiger partial charge in [0.1, 0.15) is 0 Å². The summed E-state index contributed by atoms with van der Waals surface area (Å²) in [5, 5.41) is 10.9. The van der Waals surface area contributed by atoms with Crippen LogP contribution in [-0.2, 0) is 9.84 Å². The van der Waals surface area contributed by atoms with Crippen LogP contribution >= 0.6 is 23.2 Å². The number of carbonyl (C=O) groups is 1. The van der Waals surface area contributed by atoms with Crippen LogP contribution < -0.4 is 5.32 Å². The van der Waals surface area contributed by atoms with Crippen molar-refractivity contribution < 1.29 is 17.6 Å². The second-order valence-electron chi connectivity index (χ2n) is 5.42. The minimum Gasteiger partial charge on any atom is -0.403 e. The number of nitrogens with one attached hydrogen (secondary N) is 1. The molecule has 3 rings (SSSR count). The van der Waals surface area contributed by atoms with Gasteiger partial charge in [-0.05, 0) is 42.5 Å². The van der Waals surface area contributed by atoms with E-state index in [1.807, 2.05) is 0 Å². The predicted octanol–water partition coefficient (Wildman–Crippen LogP) is 4.09. The summed E-state index contributed by atoms with van der Waals surface area (Å²) in [6, 6.07) is 10.2. The number of halogens is 2. The Morgan fingerprint density at radius 1 is 1.11 bits per heavy atom. The Bertz CT molecular complexity index is 1100. The molecule has 7 nitrogen and oxygen atoms in total. The van der Waals surface area contributed by atoms with Gasteiger partial charge in [-0.3, -0.25) is 10.1 Å². The number of sulfone groups is 1. The molecule has 140 valence electrons.